The van der Waals surface area contributed by atoms with Crippen molar-refractivity contribution in [2.45, 2.75) is 26.3 Å². The van der Waals surface area contributed by atoms with Crippen molar-refractivity contribution in [3.8, 4) is 0 Å². The SMILES string of the molecule is CCCNC(c1csc(C)c1)c1ccc(F)cc1Br. The third-order valence-corrected chi connectivity index (χ3v) is 4.52. The molecule has 2 aromatic rings. The summed E-state index contributed by atoms with van der Waals surface area (Å²) in [4.78, 5) is 1.29. The Morgan fingerprint density at radius 3 is 2.74 bits per heavy atom. The van der Waals surface area contributed by atoms with Crippen molar-refractivity contribution in [3.63, 3.8) is 0 Å². The van der Waals surface area contributed by atoms with E-state index in [1.807, 2.05) is 6.07 Å². The van der Waals surface area contributed by atoms with Crippen LogP contribution >= 0.6 is 27.3 Å². The molecule has 0 amide bonds. The molecule has 0 aliphatic rings. The molecule has 1 atom stereocenters. The van der Waals surface area contributed by atoms with Crippen molar-refractivity contribution in [2.24, 2.45) is 0 Å². The van der Waals surface area contributed by atoms with Gasteiger partial charge in [-0.1, -0.05) is 28.9 Å². The van der Waals surface area contributed by atoms with Gasteiger partial charge in [-0.25, -0.2) is 4.39 Å². The maximum absolute atomic E-state index is 13.2. The molecule has 0 bridgehead atoms. The number of thiophene rings is 1. The standard InChI is InChI=1S/C15H17BrFNS/c1-3-6-18-15(11-7-10(2)19-9-11)13-5-4-12(17)8-14(13)16/h4-5,7-9,15,18H,3,6H2,1-2H3. The maximum atomic E-state index is 13.2. The molecule has 19 heavy (non-hydrogen) atoms. The fourth-order valence-corrected chi connectivity index (χ4v) is 3.36. The summed E-state index contributed by atoms with van der Waals surface area (Å²) in [5.74, 6) is -0.216. The van der Waals surface area contributed by atoms with E-state index in [-0.39, 0.29) is 11.9 Å². The highest BCUT2D eigenvalue weighted by Gasteiger charge is 2.17. The Kier molecular flexibility index (Phi) is 5.13. The predicted octanol–water partition coefficient (Wildman–Crippen LogP) is 5.05. The first-order valence-electron chi connectivity index (χ1n) is 6.35. The van der Waals surface area contributed by atoms with Crippen LogP contribution in [0.5, 0.6) is 0 Å². The Balaban J connectivity index is 2.36. The summed E-state index contributed by atoms with van der Waals surface area (Å²) >= 11 is 5.21. The molecule has 1 N–H and O–H groups in total. The first-order chi connectivity index (χ1) is 9.11. The van der Waals surface area contributed by atoms with Gasteiger partial charge in [0.15, 0.2) is 0 Å². The monoisotopic (exact) mass is 341 g/mol. The molecule has 1 unspecified atom stereocenters. The van der Waals surface area contributed by atoms with E-state index in [1.54, 1.807) is 11.3 Å². The van der Waals surface area contributed by atoms with Crippen LogP contribution in [0.2, 0.25) is 0 Å². The summed E-state index contributed by atoms with van der Waals surface area (Å²) in [6.07, 6.45) is 1.07. The first kappa shape index (κ1) is 14.7. The second kappa shape index (κ2) is 6.64. The fraction of sp³-hybridized carbons (Fsp3) is 0.333. The molecule has 0 saturated heterocycles. The van der Waals surface area contributed by atoms with Crippen LogP contribution in [0.3, 0.4) is 0 Å². The molecular formula is C15H17BrFNS. The van der Waals surface area contributed by atoms with Crippen molar-refractivity contribution < 1.29 is 4.39 Å². The van der Waals surface area contributed by atoms with Gasteiger partial charge in [0.05, 0.1) is 6.04 Å². The van der Waals surface area contributed by atoms with Crippen LogP contribution < -0.4 is 5.32 Å². The van der Waals surface area contributed by atoms with Crippen LogP contribution in [0.4, 0.5) is 4.39 Å². The highest BCUT2D eigenvalue weighted by atomic mass is 79.9. The number of hydrogen-bond donors (Lipinski definition) is 1. The van der Waals surface area contributed by atoms with Crippen LogP contribution in [-0.2, 0) is 0 Å². The van der Waals surface area contributed by atoms with Crippen LogP contribution in [0.25, 0.3) is 0 Å². The van der Waals surface area contributed by atoms with E-state index in [4.69, 9.17) is 0 Å². The first-order valence-corrected chi connectivity index (χ1v) is 8.02. The molecule has 1 heterocycles. The Labute approximate surface area is 126 Å². The maximum Gasteiger partial charge on any atom is 0.124 e. The minimum Gasteiger partial charge on any atom is -0.306 e. The third kappa shape index (κ3) is 3.65. The molecule has 2 rings (SSSR count). The Morgan fingerprint density at radius 1 is 1.37 bits per heavy atom. The topological polar surface area (TPSA) is 12.0 Å². The lowest BCUT2D eigenvalue weighted by molar-refractivity contribution is 0.591. The molecule has 1 aromatic heterocycles. The number of rotatable bonds is 5. The minimum absolute atomic E-state index is 0.111. The molecule has 1 aromatic carbocycles. The van der Waals surface area contributed by atoms with Gasteiger partial charge in [0, 0.05) is 9.35 Å². The molecule has 102 valence electrons. The van der Waals surface area contributed by atoms with Crippen molar-refractivity contribution in [1.82, 2.24) is 5.32 Å². The van der Waals surface area contributed by atoms with E-state index in [0.717, 1.165) is 23.0 Å². The van der Waals surface area contributed by atoms with Crippen molar-refractivity contribution in [2.75, 3.05) is 6.54 Å². The van der Waals surface area contributed by atoms with E-state index in [2.05, 4.69) is 46.5 Å². The summed E-state index contributed by atoms with van der Waals surface area (Å²) in [6, 6.07) is 7.18. The van der Waals surface area contributed by atoms with Crippen molar-refractivity contribution >= 4 is 27.3 Å². The quantitative estimate of drug-likeness (QED) is 0.802. The molecular weight excluding hydrogens is 325 g/mol. The lowest BCUT2D eigenvalue weighted by Gasteiger charge is -2.19. The van der Waals surface area contributed by atoms with E-state index in [1.165, 1.54) is 22.6 Å². The van der Waals surface area contributed by atoms with Crippen molar-refractivity contribution in [1.29, 1.82) is 0 Å². The molecule has 0 saturated carbocycles. The number of halogens is 2. The summed E-state index contributed by atoms with van der Waals surface area (Å²) in [5.41, 5.74) is 2.32. The van der Waals surface area contributed by atoms with Crippen LogP contribution in [0, 0.1) is 12.7 Å². The Bertz CT molecular complexity index is 553. The van der Waals surface area contributed by atoms with Gasteiger partial charge in [0.2, 0.25) is 0 Å². The molecule has 0 aliphatic heterocycles. The van der Waals surface area contributed by atoms with Crippen LogP contribution in [0.1, 0.15) is 35.4 Å². The zero-order valence-corrected chi connectivity index (χ0v) is 13.4. The lowest BCUT2D eigenvalue weighted by Crippen LogP contribution is -2.23. The second-order valence-electron chi connectivity index (χ2n) is 4.54. The summed E-state index contributed by atoms with van der Waals surface area (Å²) < 4.78 is 14.0. The zero-order chi connectivity index (χ0) is 13.8. The van der Waals surface area contributed by atoms with Crippen LogP contribution in [0.15, 0.2) is 34.1 Å². The molecule has 0 aliphatic carbocycles. The van der Waals surface area contributed by atoms with Gasteiger partial charge in [-0.05, 0) is 54.6 Å². The largest absolute Gasteiger partial charge is 0.306 e. The van der Waals surface area contributed by atoms with E-state index >= 15 is 0 Å². The second-order valence-corrected chi connectivity index (χ2v) is 6.51. The normalized spacial score (nSPS) is 12.6. The average molecular weight is 342 g/mol. The van der Waals surface area contributed by atoms with E-state index in [0.29, 0.717) is 0 Å². The molecule has 1 nitrogen and oxygen atoms in total. The van der Waals surface area contributed by atoms with Crippen LogP contribution in [-0.4, -0.2) is 6.54 Å². The van der Waals surface area contributed by atoms with E-state index < -0.39 is 0 Å². The predicted molar refractivity (Wildman–Crippen MR) is 83.3 cm³/mol. The van der Waals surface area contributed by atoms with Gasteiger partial charge >= 0.3 is 0 Å². The van der Waals surface area contributed by atoms with Gasteiger partial charge in [-0.2, -0.15) is 0 Å². The van der Waals surface area contributed by atoms with Gasteiger partial charge in [0.25, 0.3) is 0 Å². The Morgan fingerprint density at radius 2 is 2.16 bits per heavy atom. The average Bonchev–Trinajstić information content (AvgIpc) is 2.78. The van der Waals surface area contributed by atoms with Crippen molar-refractivity contribution in [3.05, 3.63) is 55.9 Å². The van der Waals surface area contributed by atoms with Gasteiger partial charge in [-0.3, -0.25) is 0 Å². The van der Waals surface area contributed by atoms with E-state index in [9.17, 15) is 4.39 Å². The number of nitrogens with one attached hydrogen (secondary N) is 1. The highest BCUT2D eigenvalue weighted by Crippen LogP contribution is 2.31. The number of benzene rings is 1. The number of aryl methyl sites for hydroxylation is 1. The third-order valence-electron chi connectivity index (χ3n) is 2.96. The summed E-state index contributed by atoms with van der Waals surface area (Å²) in [5, 5.41) is 5.69. The smallest absolute Gasteiger partial charge is 0.124 e. The highest BCUT2D eigenvalue weighted by molar-refractivity contribution is 9.10. The summed E-state index contributed by atoms with van der Waals surface area (Å²) in [7, 11) is 0. The molecule has 0 fully saturated rings. The number of hydrogen-bond acceptors (Lipinski definition) is 2. The van der Waals surface area contributed by atoms with Gasteiger partial charge < -0.3 is 5.32 Å². The molecule has 0 radical (unpaired) electrons. The lowest BCUT2D eigenvalue weighted by atomic mass is 10.0. The summed E-state index contributed by atoms with van der Waals surface area (Å²) in [6.45, 7) is 5.18. The Hall–Kier alpha value is -0.710. The molecule has 4 heteroatoms. The zero-order valence-electron chi connectivity index (χ0n) is 11.0. The minimum atomic E-state index is -0.216. The van der Waals surface area contributed by atoms with Gasteiger partial charge in [-0.15, -0.1) is 11.3 Å². The van der Waals surface area contributed by atoms with Gasteiger partial charge in [0.1, 0.15) is 5.82 Å². The fourth-order valence-electron chi connectivity index (χ4n) is 2.05. The molecule has 0 spiro atoms.